The Morgan fingerprint density at radius 3 is 1.84 bits per heavy atom. The van der Waals surface area contributed by atoms with E-state index >= 15 is 0 Å². The molecule has 3 atom stereocenters. The van der Waals surface area contributed by atoms with Crippen molar-refractivity contribution >= 4 is 25.4 Å². The smallest absolute Gasteiger partial charge is 0.403 e. The molecule has 8 heteroatoms. The molecule has 202 valence electrons. The summed E-state index contributed by atoms with van der Waals surface area (Å²) in [7, 11) is -0.427. The summed E-state index contributed by atoms with van der Waals surface area (Å²) in [6.45, 7) is 21.6. The van der Waals surface area contributed by atoms with Gasteiger partial charge in [0.05, 0.1) is 22.4 Å². The summed E-state index contributed by atoms with van der Waals surface area (Å²) in [5.41, 5.74) is 4.35. The first-order chi connectivity index (χ1) is 17.2. The van der Waals surface area contributed by atoms with E-state index in [2.05, 4.69) is 84.7 Å². The van der Waals surface area contributed by atoms with Gasteiger partial charge in [-0.05, 0) is 115 Å². The lowest BCUT2D eigenvalue weighted by molar-refractivity contribution is 0.00578. The quantitative estimate of drug-likeness (QED) is 0.570. The van der Waals surface area contributed by atoms with Crippen LogP contribution >= 0.6 is 0 Å². The van der Waals surface area contributed by atoms with Crippen molar-refractivity contribution in [3.8, 4) is 0 Å². The van der Waals surface area contributed by atoms with E-state index in [1.165, 1.54) is 35.1 Å². The third-order valence-electron chi connectivity index (χ3n) is 10.7. The number of fused-ring (bicyclic) bond motifs is 5. The Morgan fingerprint density at radius 1 is 0.757 bits per heavy atom. The molecule has 1 aromatic rings. The number of hydrogen-bond acceptors (Lipinski definition) is 6. The second-order valence-corrected chi connectivity index (χ2v) is 14.4. The molecule has 6 nitrogen and oxygen atoms in total. The van der Waals surface area contributed by atoms with Crippen LogP contribution in [0.25, 0.3) is 0 Å². The van der Waals surface area contributed by atoms with Gasteiger partial charge in [0.15, 0.2) is 0 Å². The number of benzene rings is 1. The molecule has 6 rings (SSSR count). The first-order valence-corrected chi connectivity index (χ1v) is 14.6. The van der Waals surface area contributed by atoms with Crippen LogP contribution in [0.4, 0.5) is 5.69 Å². The molecule has 5 heterocycles. The highest BCUT2D eigenvalue weighted by atomic mass is 16.7. The normalized spacial score (nSPS) is 33.8. The first-order valence-electron chi connectivity index (χ1n) is 14.6. The molecular weight excluding hydrogens is 462 g/mol. The van der Waals surface area contributed by atoms with Gasteiger partial charge in [-0.25, -0.2) is 0 Å². The summed E-state index contributed by atoms with van der Waals surface area (Å²) in [6, 6.07) is 5.42. The molecule has 0 aliphatic carbocycles. The van der Waals surface area contributed by atoms with E-state index in [0.29, 0.717) is 23.8 Å². The minimum atomic E-state index is -0.340. The van der Waals surface area contributed by atoms with E-state index in [4.69, 9.17) is 18.6 Å². The van der Waals surface area contributed by atoms with Crippen molar-refractivity contribution in [1.29, 1.82) is 0 Å². The van der Waals surface area contributed by atoms with Crippen LogP contribution in [-0.4, -0.2) is 49.7 Å². The van der Waals surface area contributed by atoms with Gasteiger partial charge in [0.25, 0.3) is 0 Å². The fraction of sp³-hybridized carbons (Fsp3) is 0.793. The van der Waals surface area contributed by atoms with Crippen LogP contribution in [0.1, 0.15) is 111 Å². The van der Waals surface area contributed by atoms with Gasteiger partial charge in [0.2, 0.25) is 0 Å². The van der Waals surface area contributed by atoms with Gasteiger partial charge in [-0.1, -0.05) is 13.0 Å². The highest BCUT2D eigenvalue weighted by molar-refractivity contribution is 6.62. The summed E-state index contributed by atoms with van der Waals surface area (Å²) in [5.74, 6) is 1.14. The number of nitrogens with zero attached hydrogens (tertiary/aromatic N) is 1. The molecular formula is C29H46B2N2O4. The van der Waals surface area contributed by atoms with Crippen LogP contribution in [0.2, 0.25) is 5.82 Å². The Hall–Kier alpha value is -1.05. The molecule has 0 radical (unpaired) electrons. The van der Waals surface area contributed by atoms with Crippen LogP contribution in [0.5, 0.6) is 0 Å². The molecule has 0 spiro atoms. The van der Waals surface area contributed by atoms with Gasteiger partial charge in [0, 0.05) is 30.9 Å². The van der Waals surface area contributed by atoms with Crippen LogP contribution in [0, 0.1) is 5.92 Å². The lowest BCUT2D eigenvalue weighted by atomic mass is 9.66. The molecule has 5 aliphatic rings. The van der Waals surface area contributed by atoms with E-state index in [-0.39, 0.29) is 36.6 Å². The highest BCUT2D eigenvalue weighted by Gasteiger charge is 2.55. The Morgan fingerprint density at radius 2 is 1.27 bits per heavy atom. The molecule has 0 saturated carbocycles. The number of rotatable bonds is 3. The van der Waals surface area contributed by atoms with Crippen LogP contribution < -0.4 is 15.7 Å². The number of piperidine rings is 2. The topological polar surface area (TPSA) is 52.2 Å². The van der Waals surface area contributed by atoms with Crippen molar-refractivity contribution in [2.24, 2.45) is 5.92 Å². The third kappa shape index (κ3) is 4.12. The largest absolute Gasteiger partial charge is 0.495 e. The monoisotopic (exact) mass is 508 g/mol. The summed E-state index contributed by atoms with van der Waals surface area (Å²) in [6.07, 6.45) is 4.53. The van der Waals surface area contributed by atoms with Gasteiger partial charge < -0.3 is 28.8 Å². The second-order valence-electron chi connectivity index (χ2n) is 14.4. The van der Waals surface area contributed by atoms with Crippen LogP contribution in [0.3, 0.4) is 0 Å². The second kappa shape index (κ2) is 8.47. The molecule has 4 fully saturated rings. The zero-order valence-corrected chi connectivity index (χ0v) is 24.4. The third-order valence-corrected chi connectivity index (χ3v) is 10.7. The van der Waals surface area contributed by atoms with Crippen molar-refractivity contribution in [2.45, 2.75) is 128 Å². The van der Waals surface area contributed by atoms with Gasteiger partial charge >= 0.3 is 14.2 Å². The summed E-state index contributed by atoms with van der Waals surface area (Å²) in [4.78, 5) is 2.61. The van der Waals surface area contributed by atoms with E-state index < -0.39 is 0 Å². The lowest BCUT2D eigenvalue weighted by Gasteiger charge is -2.36. The Kier molecular flexibility index (Phi) is 6.00. The van der Waals surface area contributed by atoms with Gasteiger partial charge in [-0.2, -0.15) is 0 Å². The molecule has 3 unspecified atom stereocenters. The van der Waals surface area contributed by atoms with Crippen molar-refractivity contribution in [1.82, 2.24) is 5.32 Å². The Labute approximate surface area is 224 Å². The summed E-state index contributed by atoms with van der Waals surface area (Å²) >= 11 is 0. The van der Waals surface area contributed by atoms with Gasteiger partial charge in [0.1, 0.15) is 0 Å². The lowest BCUT2D eigenvalue weighted by Crippen LogP contribution is -2.41. The predicted octanol–water partition coefficient (Wildman–Crippen LogP) is 5.16. The van der Waals surface area contributed by atoms with Crippen LogP contribution in [0.15, 0.2) is 12.1 Å². The number of hydrogen-bond donors (Lipinski definition) is 1. The van der Waals surface area contributed by atoms with Gasteiger partial charge in [-0.3, -0.25) is 0 Å². The minimum Gasteiger partial charge on any atom is -0.403 e. The van der Waals surface area contributed by atoms with E-state index in [0.717, 1.165) is 25.9 Å². The maximum Gasteiger partial charge on any atom is 0.495 e. The molecule has 1 N–H and O–H groups in total. The molecule has 37 heavy (non-hydrogen) atoms. The molecule has 2 bridgehead atoms. The van der Waals surface area contributed by atoms with Crippen molar-refractivity contribution < 1.29 is 18.6 Å². The SMILES string of the molecule is CC1CC2NC(C1)c1c(N3CCC(B4OC(C)(C)C(C)(C)O4)CC3)ccc(B3OC(C)(C)C(C)(C)O3)c12. The summed E-state index contributed by atoms with van der Waals surface area (Å²) < 4.78 is 25.9. The maximum atomic E-state index is 6.55. The highest BCUT2D eigenvalue weighted by Crippen LogP contribution is 2.50. The summed E-state index contributed by atoms with van der Waals surface area (Å²) in [5, 5.41) is 3.96. The number of nitrogens with one attached hydrogen (secondary N) is 1. The van der Waals surface area contributed by atoms with Crippen molar-refractivity contribution in [3.05, 3.63) is 23.3 Å². The van der Waals surface area contributed by atoms with E-state index in [1.54, 1.807) is 0 Å². The first kappa shape index (κ1) is 26.2. The maximum absolute atomic E-state index is 6.55. The zero-order valence-electron chi connectivity index (χ0n) is 24.4. The van der Waals surface area contributed by atoms with Crippen molar-refractivity contribution in [2.75, 3.05) is 18.0 Å². The van der Waals surface area contributed by atoms with E-state index in [9.17, 15) is 0 Å². The average molecular weight is 508 g/mol. The predicted molar refractivity (Wildman–Crippen MR) is 150 cm³/mol. The van der Waals surface area contributed by atoms with E-state index in [1.807, 2.05) is 0 Å². The van der Waals surface area contributed by atoms with Gasteiger partial charge in [-0.15, -0.1) is 0 Å². The zero-order chi connectivity index (χ0) is 26.5. The van der Waals surface area contributed by atoms with Crippen LogP contribution in [-0.2, 0) is 18.6 Å². The molecule has 4 saturated heterocycles. The Bertz CT molecular complexity index is 1030. The molecule has 5 aliphatic heterocycles. The Balaban J connectivity index is 1.27. The molecule has 1 aromatic carbocycles. The fourth-order valence-corrected chi connectivity index (χ4v) is 7.02. The van der Waals surface area contributed by atoms with Crippen molar-refractivity contribution in [3.63, 3.8) is 0 Å². The minimum absolute atomic E-state index is 0.106. The average Bonchev–Trinajstić information content (AvgIpc) is 3.29. The number of anilines is 1. The fourth-order valence-electron chi connectivity index (χ4n) is 7.02. The molecule has 0 amide bonds. The standard InChI is InChI=1S/C29H46B2N2O4/c1-18-16-21-24-20(31-36-28(6,7)29(8,9)37-31)10-11-23(25(24)22(17-18)32-21)33-14-12-19(13-15-33)30-34-26(2,3)27(4,5)35-30/h10-11,18-19,21-22,32H,12-17H2,1-9H3. The molecule has 0 aromatic heterocycles.